The summed E-state index contributed by atoms with van der Waals surface area (Å²) >= 11 is 0. The molecule has 2 aliphatic rings. The molecule has 11 heteroatoms. The topological polar surface area (TPSA) is 36.9 Å². The molecule has 2 aliphatic heterocycles. The van der Waals surface area contributed by atoms with E-state index in [1.54, 1.807) is 0 Å². The van der Waals surface area contributed by atoms with Crippen LogP contribution < -0.4 is 4.74 Å². The van der Waals surface area contributed by atoms with Gasteiger partial charge in [-0.3, -0.25) is 0 Å². The van der Waals surface area contributed by atoms with Crippen molar-refractivity contribution in [2.75, 3.05) is 19.8 Å². The molecular weight excluding hydrogens is 521 g/mol. The number of benzene rings is 2. The van der Waals surface area contributed by atoms with Gasteiger partial charge in [0.15, 0.2) is 23.7 Å². The summed E-state index contributed by atoms with van der Waals surface area (Å²) in [5.41, 5.74) is -1.96. The van der Waals surface area contributed by atoms with Crippen LogP contribution in [0.4, 0.5) is 30.7 Å². The zero-order valence-corrected chi connectivity index (χ0v) is 20.8. The van der Waals surface area contributed by atoms with Gasteiger partial charge in [-0.25, -0.2) is 22.0 Å². The van der Waals surface area contributed by atoms with Crippen molar-refractivity contribution in [3.05, 3.63) is 64.5 Å². The van der Waals surface area contributed by atoms with E-state index in [-0.39, 0.29) is 42.9 Å². The number of hydrogen-bond acceptors (Lipinski definition) is 4. The molecule has 4 nitrogen and oxygen atoms in total. The summed E-state index contributed by atoms with van der Waals surface area (Å²) in [7, 11) is 0. The van der Waals surface area contributed by atoms with Crippen LogP contribution in [-0.2, 0) is 20.3 Å². The molecule has 38 heavy (non-hydrogen) atoms. The number of ether oxygens (including phenoxy) is 4. The van der Waals surface area contributed by atoms with Crippen molar-refractivity contribution in [3.8, 4) is 5.75 Å². The molecule has 4 rings (SSSR count). The van der Waals surface area contributed by atoms with Crippen molar-refractivity contribution in [2.45, 2.75) is 64.0 Å². The summed E-state index contributed by atoms with van der Waals surface area (Å²) in [5, 5.41) is 0. The first-order chi connectivity index (χ1) is 18.1. The number of rotatable bonds is 9. The third-order valence-corrected chi connectivity index (χ3v) is 6.90. The molecule has 0 aromatic heterocycles. The zero-order valence-electron chi connectivity index (χ0n) is 20.8. The Morgan fingerprint density at radius 3 is 2.00 bits per heavy atom. The lowest BCUT2D eigenvalue weighted by Crippen LogP contribution is -2.40. The van der Waals surface area contributed by atoms with Crippen molar-refractivity contribution in [2.24, 2.45) is 11.8 Å². The maximum absolute atomic E-state index is 14.7. The van der Waals surface area contributed by atoms with Gasteiger partial charge >= 0.3 is 6.11 Å². The summed E-state index contributed by atoms with van der Waals surface area (Å²) in [6.45, 7) is 3.22. The van der Waals surface area contributed by atoms with Gasteiger partial charge in [-0.2, -0.15) is 8.78 Å². The van der Waals surface area contributed by atoms with Crippen LogP contribution in [0.3, 0.4) is 0 Å². The summed E-state index contributed by atoms with van der Waals surface area (Å²) in [4.78, 5) is 0. The largest absolute Gasteiger partial charge is 0.432 e. The highest BCUT2D eigenvalue weighted by Crippen LogP contribution is 2.38. The highest BCUT2D eigenvalue weighted by Gasteiger charge is 2.42. The van der Waals surface area contributed by atoms with Gasteiger partial charge in [0.05, 0.1) is 19.3 Å². The van der Waals surface area contributed by atoms with Gasteiger partial charge in [-0.15, -0.1) is 0 Å². The SMILES string of the molecule is CCCCCC1CCC(C2COC(c3cc(F)c(C(F)(F)Oc4cc(F)c(F)c(F)c4)c(F)c3)OC2)OC1. The predicted molar refractivity (Wildman–Crippen MR) is 122 cm³/mol. The first kappa shape index (κ1) is 28.6. The second kappa shape index (κ2) is 12.2. The number of halogens is 7. The minimum Gasteiger partial charge on any atom is -0.429 e. The molecule has 2 aromatic carbocycles. The monoisotopic (exact) mass is 550 g/mol. The van der Waals surface area contributed by atoms with Crippen LogP contribution >= 0.6 is 0 Å². The third kappa shape index (κ3) is 6.60. The van der Waals surface area contributed by atoms with Gasteiger partial charge in [-0.1, -0.05) is 26.2 Å². The van der Waals surface area contributed by atoms with Gasteiger partial charge in [0.1, 0.15) is 22.9 Å². The summed E-state index contributed by atoms with van der Waals surface area (Å²) < 4.78 is 120. The standard InChI is InChI=1S/C27H29F7O4/c1-2-3-4-5-15-6-7-23(35-12-15)17-13-36-26(37-14-17)16-8-19(28)24(20(29)9-16)27(33,34)38-18-10-21(30)25(32)22(31)11-18/h8-11,15,17,23,26H,2-7,12-14H2,1H3. The Balaban J connectivity index is 1.36. The van der Waals surface area contributed by atoms with E-state index in [1.807, 2.05) is 0 Å². The zero-order chi connectivity index (χ0) is 27.4. The van der Waals surface area contributed by atoms with Crippen molar-refractivity contribution < 1.29 is 49.7 Å². The van der Waals surface area contributed by atoms with Gasteiger partial charge in [-0.05, 0) is 37.3 Å². The summed E-state index contributed by atoms with van der Waals surface area (Å²) in [6, 6.07) is 1.51. The lowest BCUT2D eigenvalue weighted by molar-refractivity contribution is -0.228. The molecule has 2 fully saturated rings. The molecule has 2 unspecified atom stereocenters. The average molecular weight is 551 g/mol. The van der Waals surface area contributed by atoms with Gasteiger partial charge in [0.2, 0.25) is 0 Å². The third-order valence-electron chi connectivity index (χ3n) is 6.90. The van der Waals surface area contributed by atoms with E-state index in [1.165, 1.54) is 19.3 Å². The Morgan fingerprint density at radius 2 is 1.45 bits per heavy atom. The molecule has 0 spiro atoms. The molecule has 0 bridgehead atoms. The molecule has 2 saturated heterocycles. The number of alkyl halides is 2. The van der Waals surface area contributed by atoms with E-state index >= 15 is 0 Å². The average Bonchev–Trinajstić information content (AvgIpc) is 2.87. The molecule has 2 atom stereocenters. The summed E-state index contributed by atoms with van der Waals surface area (Å²) in [6.07, 6.45) is 0.653. The Labute approximate surface area is 216 Å². The van der Waals surface area contributed by atoms with E-state index in [4.69, 9.17) is 14.2 Å². The Morgan fingerprint density at radius 1 is 0.816 bits per heavy atom. The fraction of sp³-hybridized carbons (Fsp3) is 0.556. The molecule has 0 radical (unpaired) electrons. The van der Waals surface area contributed by atoms with E-state index < -0.39 is 52.8 Å². The number of hydrogen-bond donors (Lipinski definition) is 0. The van der Waals surface area contributed by atoms with E-state index in [2.05, 4.69) is 11.7 Å². The van der Waals surface area contributed by atoms with Gasteiger partial charge in [0, 0.05) is 30.2 Å². The van der Waals surface area contributed by atoms with Crippen molar-refractivity contribution in [1.82, 2.24) is 0 Å². The molecular formula is C27H29F7O4. The predicted octanol–water partition coefficient (Wildman–Crippen LogP) is 7.55. The van der Waals surface area contributed by atoms with Crippen LogP contribution in [0.5, 0.6) is 5.75 Å². The van der Waals surface area contributed by atoms with Crippen LogP contribution in [0.2, 0.25) is 0 Å². The van der Waals surface area contributed by atoms with Crippen LogP contribution in [0.1, 0.15) is 62.9 Å². The van der Waals surface area contributed by atoms with Crippen LogP contribution in [0.25, 0.3) is 0 Å². The molecule has 2 heterocycles. The minimum absolute atomic E-state index is 0.0637. The van der Waals surface area contributed by atoms with Crippen LogP contribution in [-0.4, -0.2) is 25.9 Å². The minimum atomic E-state index is -4.67. The smallest absolute Gasteiger partial charge is 0.429 e. The Bertz CT molecular complexity index is 1050. The quantitative estimate of drug-likeness (QED) is 0.184. The van der Waals surface area contributed by atoms with Gasteiger partial charge < -0.3 is 18.9 Å². The molecule has 210 valence electrons. The maximum atomic E-state index is 14.7. The molecule has 2 aromatic rings. The number of unbranched alkanes of at least 4 members (excludes halogenated alkanes) is 2. The van der Waals surface area contributed by atoms with E-state index in [0.717, 1.165) is 19.3 Å². The second-order valence-corrected chi connectivity index (χ2v) is 9.75. The molecule has 0 saturated carbocycles. The highest BCUT2D eigenvalue weighted by atomic mass is 19.3. The Kier molecular flexibility index (Phi) is 9.20. The molecule has 0 amide bonds. The second-order valence-electron chi connectivity index (χ2n) is 9.75. The van der Waals surface area contributed by atoms with E-state index in [9.17, 15) is 30.7 Å². The van der Waals surface area contributed by atoms with Crippen molar-refractivity contribution >= 4 is 0 Å². The van der Waals surface area contributed by atoms with E-state index in [0.29, 0.717) is 24.7 Å². The lowest BCUT2D eigenvalue weighted by atomic mass is 9.89. The van der Waals surface area contributed by atoms with Crippen molar-refractivity contribution in [1.29, 1.82) is 0 Å². The fourth-order valence-corrected chi connectivity index (χ4v) is 4.83. The summed E-state index contributed by atoms with van der Waals surface area (Å²) in [5.74, 6) is -9.59. The first-order valence-corrected chi connectivity index (χ1v) is 12.6. The van der Waals surface area contributed by atoms with Crippen molar-refractivity contribution in [3.63, 3.8) is 0 Å². The lowest BCUT2D eigenvalue weighted by Gasteiger charge is -2.38. The highest BCUT2D eigenvalue weighted by molar-refractivity contribution is 5.32. The first-order valence-electron chi connectivity index (χ1n) is 12.6. The van der Waals surface area contributed by atoms with Crippen LogP contribution in [0, 0.1) is 40.9 Å². The fourth-order valence-electron chi connectivity index (χ4n) is 4.83. The molecule has 0 aliphatic carbocycles. The Hall–Kier alpha value is -2.37. The molecule has 0 N–H and O–H groups in total. The van der Waals surface area contributed by atoms with Gasteiger partial charge in [0.25, 0.3) is 0 Å². The van der Waals surface area contributed by atoms with Crippen LogP contribution in [0.15, 0.2) is 24.3 Å². The maximum Gasteiger partial charge on any atom is 0.432 e. The normalized spacial score (nSPS) is 24.4.